The lowest BCUT2D eigenvalue weighted by Crippen LogP contribution is -2.32. The molecule has 1 fully saturated rings. The van der Waals surface area contributed by atoms with Gasteiger partial charge in [0.1, 0.15) is 16.6 Å². The fourth-order valence-corrected chi connectivity index (χ4v) is 5.36. The first-order valence-electron chi connectivity index (χ1n) is 7.52. The smallest absolute Gasteiger partial charge is 0.162 e. The van der Waals surface area contributed by atoms with E-state index in [1.165, 1.54) is 21.2 Å². The van der Waals surface area contributed by atoms with Gasteiger partial charge in [-0.05, 0) is 42.6 Å². The second-order valence-corrected chi connectivity index (χ2v) is 8.30. The zero-order chi connectivity index (χ0) is 16.7. The summed E-state index contributed by atoms with van der Waals surface area (Å²) in [4.78, 5) is 6.98. The summed E-state index contributed by atoms with van der Waals surface area (Å²) in [5.74, 6) is 0.450. The number of piperidine rings is 1. The molecular formula is C16H12Cl2N4S2. The number of thiazole rings is 1. The monoisotopic (exact) mass is 394 g/mol. The van der Waals surface area contributed by atoms with Crippen LogP contribution < -0.4 is 4.90 Å². The van der Waals surface area contributed by atoms with E-state index in [0.717, 1.165) is 41.5 Å². The number of rotatable bonds is 2. The molecule has 4 rings (SSSR count). The molecule has 0 bridgehead atoms. The highest BCUT2D eigenvalue weighted by Gasteiger charge is 2.26. The molecule has 24 heavy (non-hydrogen) atoms. The van der Waals surface area contributed by atoms with Gasteiger partial charge in [0.15, 0.2) is 5.15 Å². The van der Waals surface area contributed by atoms with Crippen molar-refractivity contribution in [2.45, 2.75) is 18.8 Å². The highest BCUT2D eigenvalue weighted by atomic mass is 35.5. The largest absolute Gasteiger partial charge is 0.361 e. The van der Waals surface area contributed by atoms with Gasteiger partial charge in [-0.3, -0.25) is 0 Å². The van der Waals surface area contributed by atoms with Crippen LogP contribution in [-0.4, -0.2) is 22.4 Å². The molecule has 0 atom stereocenters. The summed E-state index contributed by atoms with van der Waals surface area (Å²) >= 11 is 15.1. The molecule has 4 nitrogen and oxygen atoms in total. The summed E-state index contributed by atoms with van der Waals surface area (Å²) in [6.45, 7) is 1.77. The number of aromatic nitrogens is 2. The summed E-state index contributed by atoms with van der Waals surface area (Å²) in [5, 5.41) is 12.3. The molecule has 3 aromatic rings. The van der Waals surface area contributed by atoms with E-state index in [-0.39, 0.29) is 0 Å². The second-order valence-electron chi connectivity index (χ2n) is 5.69. The summed E-state index contributed by atoms with van der Waals surface area (Å²) in [6.07, 6.45) is 2.02. The van der Waals surface area contributed by atoms with Crippen molar-refractivity contribution >= 4 is 61.3 Å². The summed E-state index contributed by atoms with van der Waals surface area (Å²) < 4.78 is 5.28. The van der Waals surface area contributed by atoms with Gasteiger partial charge < -0.3 is 4.90 Å². The Kier molecular flexibility index (Phi) is 4.35. The van der Waals surface area contributed by atoms with Gasteiger partial charge in [0.05, 0.1) is 15.2 Å². The predicted molar refractivity (Wildman–Crippen MR) is 101 cm³/mol. The van der Waals surface area contributed by atoms with Crippen LogP contribution in [0.2, 0.25) is 10.2 Å². The minimum absolute atomic E-state index is 0.308. The molecule has 1 aliphatic heterocycles. The van der Waals surface area contributed by atoms with Gasteiger partial charge in [0.2, 0.25) is 0 Å². The van der Waals surface area contributed by atoms with Gasteiger partial charge in [-0.2, -0.15) is 9.64 Å². The van der Waals surface area contributed by atoms with E-state index in [2.05, 4.69) is 15.3 Å². The number of hydrogen-bond donors (Lipinski definition) is 0. The van der Waals surface area contributed by atoms with Crippen molar-refractivity contribution in [2.75, 3.05) is 18.0 Å². The molecule has 2 aromatic heterocycles. The lowest BCUT2D eigenvalue weighted by Gasteiger charge is -2.31. The maximum absolute atomic E-state index is 9.24. The third-order valence-corrected chi connectivity index (χ3v) is 6.96. The normalized spacial score (nSPS) is 15.8. The fourth-order valence-electron chi connectivity index (χ4n) is 3.00. The number of nitrogens with zero attached hydrogens (tertiary/aromatic N) is 4. The van der Waals surface area contributed by atoms with Crippen molar-refractivity contribution in [3.8, 4) is 6.07 Å². The summed E-state index contributed by atoms with van der Waals surface area (Å²) in [7, 11) is 0. The lowest BCUT2D eigenvalue weighted by molar-refractivity contribution is 0.506. The molecule has 1 saturated heterocycles. The Labute approximate surface area is 157 Å². The number of halogens is 2. The van der Waals surface area contributed by atoms with Gasteiger partial charge in [-0.25, -0.2) is 4.98 Å². The van der Waals surface area contributed by atoms with Gasteiger partial charge in [-0.1, -0.05) is 23.2 Å². The lowest BCUT2D eigenvalue weighted by atomic mass is 9.97. The van der Waals surface area contributed by atoms with E-state index in [4.69, 9.17) is 28.2 Å². The topological polar surface area (TPSA) is 52.8 Å². The summed E-state index contributed by atoms with van der Waals surface area (Å²) in [6, 6.07) is 8.02. The maximum atomic E-state index is 9.24. The van der Waals surface area contributed by atoms with Crippen LogP contribution in [0.1, 0.15) is 29.3 Å². The van der Waals surface area contributed by atoms with E-state index < -0.39 is 0 Å². The van der Waals surface area contributed by atoms with Crippen LogP contribution in [0.5, 0.6) is 0 Å². The number of nitriles is 1. The molecule has 8 heteroatoms. The molecule has 0 N–H and O–H groups in total. The molecule has 122 valence electrons. The van der Waals surface area contributed by atoms with Gasteiger partial charge >= 0.3 is 0 Å². The van der Waals surface area contributed by atoms with Crippen LogP contribution in [0.3, 0.4) is 0 Å². The zero-order valence-electron chi connectivity index (χ0n) is 12.5. The van der Waals surface area contributed by atoms with Gasteiger partial charge in [0.25, 0.3) is 0 Å². The van der Waals surface area contributed by atoms with Crippen LogP contribution in [0.25, 0.3) is 10.2 Å². The number of hydrogen-bond acceptors (Lipinski definition) is 6. The molecule has 1 aliphatic rings. The fraction of sp³-hybridized carbons (Fsp3) is 0.312. The van der Waals surface area contributed by atoms with Crippen molar-refractivity contribution < 1.29 is 0 Å². The molecule has 0 unspecified atom stereocenters. The average molecular weight is 395 g/mol. The quantitative estimate of drug-likeness (QED) is 0.590. The minimum Gasteiger partial charge on any atom is -0.361 e. The predicted octanol–water partition coefficient (Wildman–Crippen LogP) is 5.32. The van der Waals surface area contributed by atoms with Gasteiger partial charge in [-0.15, -0.1) is 11.3 Å². The Morgan fingerprint density at radius 3 is 2.79 bits per heavy atom. The SMILES string of the molecule is N#Cc1c(Cl)nsc1N1CCC(c2nc3cc(Cl)ccc3s2)CC1. The van der Waals surface area contributed by atoms with E-state index in [9.17, 15) is 5.26 Å². The number of fused-ring (bicyclic) bond motifs is 1. The van der Waals surface area contributed by atoms with Crippen molar-refractivity contribution in [1.29, 1.82) is 5.26 Å². The van der Waals surface area contributed by atoms with Gasteiger partial charge in [0, 0.05) is 24.0 Å². The standard InChI is InChI=1S/C16H12Cl2N4S2/c17-10-1-2-13-12(7-10)20-15(23-13)9-3-5-22(6-4-9)16-11(8-19)14(18)21-24-16/h1-2,7,9H,3-6H2. The van der Waals surface area contributed by atoms with E-state index >= 15 is 0 Å². The van der Waals surface area contributed by atoms with E-state index in [0.29, 0.717) is 16.6 Å². The van der Waals surface area contributed by atoms with Crippen molar-refractivity contribution in [3.63, 3.8) is 0 Å². The van der Waals surface area contributed by atoms with Crippen LogP contribution in [0.15, 0.2) is 18.2 Å². The average Bonchev–Trinajstić information content (AvgIpc) is 3.17. The van der Waals surface area contributed by atoms with Crippen LogP contribution >= 0.6 is 46.1 Å². The molecule has 0 aliphatic carbocycles. The molecule has 0 spiro atoms. The number of benzene rings is 1. The Bertz CT molecular complexity index is 935. The maximum Gasteiger partial charge on any atom is 0.162 e. The van der Waals surface area contributed by atoms with Crippen LogP contribution in [-0.2, 0) is 0 Å². The first-order chi connectivity index (χ1) is 11.7. The van der Waals surface area contributed by atoms with Crippen LogP contribution in [0, 0.1) is 11.3 Å². The molecule has 0 radical (unpaired) electrons. The van der Waals surface area contributed by atoms with Crippen molar-refractivity contribution in [3.05, 3.63) is 38.9 Å². The first-order valence-corrected chi connectivity index (χ1v) is 9.86. The third-order valence-electron chi connectivity index (χ3n) is 4.24. The third kappa shape index (κ3) is 2.86. The molecule has 0 amide bonds. The Morgan fingerprint density at radius 1 is 1.25 bits per heavy atom. The van der Waals surface area contributed by atoms with Crippen molar-refractivity contribution in [2.24, 2.45) is 0 Å². The Hall–Kier alpha value is -1.39. The van der Waals surface area contributed by atoms with E-state index in [1.54, 1.807) is 11.3 Å². The molecule has 3 heterocycles. The molecular weight excluding hydrogens is 383 g/mol. The minimum atomic E-state index is 0.308. The summed E-state index contributed by atoms with van der Waals surface area (Å²) in [5.41, 5.74) is 1.47. The molecule has 0 saturated carbocycles. The highest BCUT2D eigenvalue weighted by Crippen LogP contribution is 2.38. The van der Waals surface area contributed by atoms with Crippen molar-refractivity contribution in [1.82, 2.24) is 9.36 Å². The molecule has 1 aromatic carbocycles. The van der Waals surface area contributed by atoms with Crippen LogP contribution in [0.4, 0.5) is 5.00 Å². The Morgan fingerprint density at radius 2 is 2.04 bits per heavy atom. The first kappa shape index (κ1) is 16.1. The number of anilines is 1. The second kappa shape index (κ2) is 6.49. The van der Waals surface area contributed by atoms with E-state index in [1.807, 2.05) is 18.2 Å². The Balaban J connectivity index is 1.52. The highest BCUT2D eigenvalue weighted by molar-refractivity contribution is 7.18. The zero-order valence-corrected chi connectivity index (χ0v) is 15.6.